The fourth-order valence-electron chi connectivity index (χ4n) is 1.85. The molecule has 23 heavy (non-hydrogen) atoms. The molecule has 0 radical (unpaired) electrons. The van der Waals surface area contributed by atoms with Gasteiger partial charge in [-0.05, 0) is 42.8 Å². The van der Waals surface area contributed by atoms with Gasteiger partial charge in [0.05, 0.1) is 26.0 Å². The Kier molecular flexibility index (Phi) is 6.23. The van der Waals surface area contributed by atoms with Crippen LogP contribution in [0.15, 0.2) is 47.1 Å². The molecule has 1 aromatic heterocycles. The van der Waals surface area contributed by atoms with Crippen LogP contribution in [0.4, 0.5) is 0 Å². The topological polar surface area (TPSA) is 80.6 Å². The lowest BCUT2D eigenvalue weighted by molar-refractivity contribution is -0.120. The quantitative estimate of drug-likeness (QED) is 0.781. The Balaban J connectivity index is 1.74. The molecule has 0 aliphatic carbocycles. The summed E-state index contributed by atoms with van der Waals surface area (Å²) < 4.78 is 10.6. The lowest BCUT2D eigenvalue weighted by Crippen LogP contribution is -2.36. The molecular weight excluding hydrogens is 296 g/mol. The van der Waals surface area contributed by atoms with Crippen molar-refractivity contribution in [2.75, 3.05) is 13.2 Å². The van der Waals surface area contributed by atoms with Gasteiger partial charge in [0.25, 0.3) is 5.91 Å². The summed E-state index contributed by atoms with van der Waals surface area (Å²) in [5.74, 6) is 0.796. The Labute approximate surface area is 134 Å². The second-order valence-electron chi connectivity index (χ2n) is 4.91. The molecule has 0 saturated heterocycles. The van der Waals surface area contributed by atoms with Gasteiger partial charge < -0.3 is 19.8 Å². The second kappa shape index (κ2) is 8.63. The van der Waals surface area contributed by atoms with E-state index in [1.807, 2.05) is 6.92 Å². The number of amides is 2. The summed E-state index contributed by atoms with van der Waals surface area (Å²) in [7, 11) is 0. The number of furan rings is 1. The molecule has 0 spiro atoms. The van der Waals surface area contributed by atoms with E-state index in [2.05, 4.69) is 10.6 Å². The minimum absolute atomic E-state index is 0.0897. The van der Waals surface area contributed by atoms with Crippen molar-refractivity contribution in [3.8, 4) is 5.75 Å². The van der Waals surface area contributed by atoms with Crippen LogP contribution in [-0.4, -0.2) is 25.0 Å². The fraction of sp³-hybridized carbons (Fsp3) is 0.294. The summed E-state index contributed by atoms with van der Waals surface area (Å²) in [6.07, 6.45) is 2.46. The first-order valence-corrected chi connectivity index (χ1v) is 7.49. The van der Waals surface area contributed by atoms with Gasteiger partial charge in [-0.15, -0.1) is 0 Å². The largest absolute Gasteiger partial charge is 0.494 e. The third-order valence-corrected chi connectivity index (χ3v) is 3.04. The number of carbonyl (C=O) groups excluding carboxylic acids is 2. The molecule has 6 heteroatoms. The number of ether oxygens (including phenoxy) is 1. The molecule has 0 unspecified atom stereocenters. The van der Waals surface area contributed by atoms with Crippen molar-refractivity contribution in [2.24, 2.45) is 0 Å². The maximum atomic E-state index is 12.0. The zero-order valence-corrected chi connectivity index (χ0v) is 13.0. The van der Waals surface area contributed by atoms with Crippen molar-refractivity contribution in [1.82, 2.24) is 10.6 Å². The Morgan fingerprint density at radius 3 is 2.57 bits per heavy atom. The predicted molar refractivity (Wildman–Crippen MR) is 85.1 cm³/mol. The normalized spacial score (nSPS) is 10.1. The van der Waals surface area contributed by atoms with Crippen LogP contribution in [-0.2, 0) is 11.3 Å². The van der Waals surface area contributed by atoms with Crippen LogP contribution < -0.4 is 15.4 Å². The predicted octanol–water partition coefficient (Wildman–Crippen LogP) is 2.11. The third-order valence-electron chi connectivity index (χ3n) is 3.04. The highest BCUT2D eigenvalue weighted by Crippen LogP contribution is 2.12. The van der Waals surface area contributed by atoms with E-state index >= 15 is 0 Å². The van der Waals surface area contributed by atoms with Crippen LogP contribution in [0.5, 0.6) is 5.75 Å². The first-order chi connectivity index (χ1) is 11.2. The van der Waals surface area contributed by atoms with Crippen LogP contribution >= 0.6 is 0 Å². The Hall–Kier alpha value is -2.76. The molecule has 0 aliphatic heterocycles. The van der Waals surface area contributed by atoms with Crippen LogP contribution in [0.2, 0.25) is 0 Å². The molecule has 0 fully saturated rings. The van der Waals surface area contributed by atoms with Crippen LogP contribution in [0.1, 0.15) is 29.5 Å². The number of nitrogens with one attached hydrogen (secondary N) is 2. The van der Waals surface area contributed by atoms with E-state index in [-0.39, 0.29) is 18.4 Å². The monoisotopic (exact) mass is 316 g/mol. The van der Waals surface area contributed by atoms with E-state index in [1.165, 1.54) is 6.26 Å². The molecular formula is C17H20N2O4. The van der Waals surface area contributed by atoms with Gasteiger partial charge in [-0.2, -0.15) is 0 Å². The number of carbonyl (C=O) groups is 2. The molecule has 0 saturated carbocycles. The second-order valence-corrected chi connectivity index (χ2v) is 4.91. The average Bonchev–Trinajstić information content (AvgIpc) is 3.10. The van der Waals surface area contributed by atoms with Gasteiger partial charge in [-0.25, -0.2) is 0 Å². The summed E-state index contributed by atoms with van der Waals surface area (Å²) in [5, 5.41) is 5.23. The van der Waals surface area contributed by atoms with Gasteiger partial charge >= 0.3 is 0 Å². The molecule has 1 aromatic carbocycles. The van der Waals surface area contributed by atoms with Gasteiger partial charge in [0.15, 0.2) is 0 Å². The zero-order chi connectivity index (χ0) is 16.5. The highest BCUT2D eigenvalue weighted by Gasteiger charge is 2.08. The summed E-state index contributed by atoms with van der Waals surface area (Å²) in [4.78, 5) is 23.6. The Morgan fingerprint density at radius 2 is 1.91 bits per heavy atom. The number of hydrogen-bond donors (Lipinski definition) is 2. The summed E-state index contributed by atoms with van der Waals surface area (Å²) in [5.41, 5.74) is 0.479. The maximum Gasteiger partial charge on any atom is 0.251 e. The number of hydrogen-bond acceptors (Lipinski definition) is 4. The van der Waals surface area contributed by atoms with E-state index in [1.54, 1.807) is 36.4 Å². The molecule has 2 amide bonds. The standard InChI is InChI=1S/C17H20N2O4/c1-2-9-22-14-7-5-13(6-8-14)17(21)19-12-16(20)18-11-15-4-3-10-23-15/h3-8,10H,2,9,11-12H2,1H3,(H,18,20)(H,19,21). The van der Waals surface area contributed by atoms with Gasteiger partial charge in [-0.3, -0.25) is 9.59 Å². The fourth-order valence-corrected chi connectivity index (χ4v) is 1.85. The van der Waals surface area contributed by atoms with Crippen molar-refractivity contribution in [3.05, 3.63) is 54.0 Å². The number of rotatable bonds is 8. The molecule has 6 nitrogen and oxygen atoms in total. The van der Waals surface area contributed by atoms with Crippen molar-refractivity contribution < 1.29 is 18.7 Å². The molecule has 2 aromatic rings. The molecule has 0 aliphatic rings. The molecule has 2 rings (SSSR count). The van der Waals surface area contributed by atoms with E-state index < -0.39 is 0 Å². The van der Waals surface area contributed by atoms with Gasteiger partial charge in [-0.1, -0.05) is 6.92 Å². The SMILES string of the molecule is CCCOc1ccc(C(=O)NCC(=O)NCc2ccco2)cc1. The zero-order valence-electron chi connectivity index (χ0n) is 13.0. The van der Waals surface area contributed by atoms with Crippen LogP contribution in [0.3, 0.4) is 0 Å². The minimum Gasteiger partial charge on any atom is -0.494 e. The summed E-state index contributed by atoms with van der Waals surface area (Å²) in [6, 6.07) is 10.3. The number of benzene rings is 1. The highest BCUT2D eigenvalue weighted by molar-refractivity contribution is 5.96. The van der Waals surface area contributed by atoms with E-state index in [0.29, 0.717) is 24.5 Å². The maximum absolute atomic E-state index is 12.0. The molecule has 0 atom stereocenters. The highest BCUT2D eigenvalue weighted by atomic mass is 16.5. The first-order valence-electron chi connectivity index (χ1n) is 7.49. The first kappa shape index (κ1) is 16.6. The van der Waals surface area contributed by atoms with Gasteiger partial charge in [0.1, 0.15) is 11.5 Å². The van der Waals surface area contributed by atoms with E-state index in [4.69, 9.17) is 9.15 Å². The molecule has 2 N–H and O–H groups in total. The van der Waals surface area contributed by atoms with E-state index in [0.717, 1.165) is 12.2 Å². The van der Waals surface area contributed by atoms with Crippen molar-refractivity contribution >= 4 is 11.8 Å². The van der Waals surface area contributed by atoms with Crippen LogP contribution in [0, 0.1) is 0 Å². The van der Waals surface area contributed by atoms with E-state index in [9.17, 15) is 9.59 Å². The minimum atomic E-state index is -0.305. The van der Waals surface area contributed by atoms with Gasteiger partial charge in [0.2, 0.25) is 5.91 Å². The lowest BCUT2D eigenvalue weighted by Gasteiger charge is -2.07. The summed E-state index contributed by atoms with van der Waals surface area (Å²) >= 11 is 0. The summed E-state index contributed by atoms with van der Waals surface area (Å²) in [6.45, 7) is 2.87. The third kappa shape index (κ3) is 5.50. The molecule has 122 valence electrons. The molecule has 1 heterocycles. The van der Waals surface area contributed by atoms with Crippen molar-refractivity contribution in [2.45, 2.75) is 19.9 Å². The Bertz CT molecular complexity index is 621. The van der Waals surface area contributed by atoms with Crippen LogP contribution in [0.25, 0.3) is 0 Å². The van der Waals surface area contributed by atoms with Gasteiger partial charge in [0, 0.05) is 5.56 Å². The van der Waals surface area contributed by atoms with Crippen molar-refractivity contribution in [1.29, 1.82) is 0 Å². The average molecular weight is 316 g/mol. The lowest BCUT2D eigenvalue weighted by atomic mass is 10.2. The molecule has 0 bridgehead atoms. The smallest absolute Gasteiger partial charge is 0.251 e. The Morgan fingerprint density at radius 1 is 1.13 bits per heavy atom. The van der Waals surface area contributed by atoms with Crippen molar-refractivity contribution in [3.63, 3.8) is 0 Å².